The normalized spacial score (nSPS) is 16.6. The lowest BCUT2D eigenvalue weighted by Crippen LogP contribution is -2.49. The van der Waals surface area contributed by atoms with Gasteiger partial charge in [0.15, 0.2) is 0 Å². The van der Waals surface area contributed by atoms with Crippen LogP contribution in [-0.2, 0) is 27.1 Å². The zero-order valence-corrected chi connectivity index (χ0v) is 18.5. The Hall–Kier alpha value is -3.68. The largest absolute Gasteiger partial charge is 0.464 e. The molecule has 7 nitrogen and oxygen atoms in total. The van der Waals surface area contributed by atoms with E-state index in [0.717, 1.165) is 0 Å². The first-order valence-corrected chi connectivity index (χ1v) is 11.0. The van der Waals surface area contributed by atoms with Crippen LogP contribution < -0.4 is 4.90 Å². The van der Waals surface area contributed by atoms with E-state index in [-0.39, 0.29) is 25.2 Å². The number of allylic oxidation sites excluding steroid dienone is 3. The van der Waals surface area contributed by atoms with E-state index in [9.17, 15) is 18.8 Å². The number of esters is 1. The summed E-state index contributed by atoms with van der Waals surface area (Å²) in [7, 11) is 0. The third kappa shape index (κ3) is 4.08. The second-order valence-corrected chi connectivity index (χ2v) is 7.67. The van der Waals surface area contributed by atoms with Gasteiger partial charge in [-0.3, -0.25) is 14.3 Å². The molecule has 172 valence electrons. The number of halogens is 1. The molecule has 0 bridgehead atoms. The quantitative estimate of drug-likeness (QED) is 0.647. The molecule has 1 unspecified atom stereocenters. The molecule has 1 amide bonds. The number of ether oxygens (including phenoxy) is 2. The van der Waals surface area contributed by atoms with Crippen molar-refractivity contribution in [1.29, 1.82) is 0 Å². The molecule has 1 atom stereocenters. The highest BCUT2D eigenvalue weighted by Gasteiger charge is 2.42. The number of aromatic nitrogens is 1. The van der Waals surface area contributed by atoms with Crippen molar-refractivity contribution in [2.75, 3.05) is 18.1 Å². The van der Waals surface area contributed by atoms with Gasteiger partial charge in [-0.1, -0.05) is 24.3 Å². The molecule has 1 aromatic carbocycles. The molecule has 2 aliphatic rings. The molecule has 0 saturated carbocycles. The maximum Gasteiger partial charge on any atom is 0.418 e. The zero-order valence-electron chi connectivity index (χ0n) is 18.5. The summed E-state index contributed by atoms with van der Waals surface area (Å²) >= 11 is 0. The highest BCUT2D eigenvalue weighted by Crippen LogP contribution is 2.41. The molecule has 8 heteroatoms. The Morgan fingerprint density at radius 2 is 1.76 bits per heavy atom. The lowest BCUT2D eigenvalue weighted by Gasteiger charge is -2.35. The number of carbonyl (C=O) groups is 3. The van der Waals surface area contributed by atoms with Crippen LogP contribution in [0.25, 0.3) is 6.08 Å². The van der Waals surface area contributed by atoms with Crippen molar-refractivity contribution in [1.82, 2.24) is 4.57 Å². The van der Waals surface area contributed by atoms with Gasteiger partial charge in [0, 0.05) is 23.2 Å². The summed E-state index contributed by atoms with van der Waals surface area (Å²) in [6.07, 6.45) is 8.02. The van der Waals surface area contributed by atoms with Crippen LogP contribution in [0, 0.1) is 5.82 Å². The molecule has 0 fully saturated rings. The molecule has 4 rings (SSSR count). The fourth-order valence-electron chi connectivity index (χ4n) is 4.37. The van der Waals surface area contributed by atoms with Gasteiger partial charge in [-0.05, 0) is 51.0 Å². The molecule has 1 aliphatic carbocycles. The minimum absolute atomic E-state index is 0.173. The Labute approximate surface area is 191 Å². The first-order valence-electron chi connectivity index (χ1n) is 11.0. The van der Waals surface area contributed by atoms with E-state index in [1.807, 2.05) is 24.3 Å². The van der Waals surface area contributed by atoms with E-state index < -0.39 is 29.8 Å². The lowest BCUT2D eigenvalue weighted by atomic mass is 9.97. The zero-order chi connectivity index (χ0) is 23.5. The number of nitrogens with zero attached hydrogens (tertiary/aromatic N) is 2. The molecule has 0 spiro atoms. The van der Waals surface area contributed by atoms with Gasteiger partial charge >= 0.3 is 12.1 Å². The number of fused-ring (bicyclic) bond motifs is 3. The van der Waals surface area contributed by atoms with Gasteiger partial charge in [-0.2, -0.15) is 0 Å². The summed E-state index contributed by atoms with van der Waals surface area (Å²) in [5, 5.41) is 0. The third-order valence-electron chi connectivity index (χ3n) is 5.73. The maximum atomic E-state index is 13.7. The van der Waals surface area contributed by atoms with E-state index in [1.54, 1.807) is 13.8 Å². The van der Waals surface area contributed by atoms with Gasteiger partial charge in [0.1, 0.15) is 11.9 Å². The third-order valence-corrected chi connectivity index (χ3v) is 5.73. The van der Waals surface area contributed by atoms with Crippen molar-refractivity contribution in [2.24, 2.45) is 0 Å². The smallest absolute Gasteiger partial charge is 0.418 e. The van der Waals surface area contributed by atoms with Crippen LogP contribution >= 0.6 is 0 Å². The maximum absolute atomic E-state index is 13.7. The number of hydrogen-bond donors (Lipinski definition) is 0. The van der Waals surface area contributed by atoms with Crippen molar-refractivity contribution in [2.45, 2.75) is 39.2 Å². The Morgan fingerprint density at radius 3 is 2.45 bits per heavy atom. The van der Waals surface area contributed by atoms with E-state index in [4.69, 9.17) is 9.47 Å². The summed E-state index contributed by atoms with van der Waals surface area (Å²) in [5.74, 6) is -1.46. The van der Waals surface area contributed by atoms with Crippen LogP contribution in [0.4, 0.5) is 14.9 Å². The first kappa shape index (κ1) is 22.5. The topological polar surface area (TPSA) is 77.8 Å². The summed E-state index contributed by atoms with van der Waals surface area (Å²) in [6, 6.07) is 4.29. The van der Waals surface area contributed by atoms with Crippen LogP contribution in [0.5, 0.6) is 0 Å². The summed E-state index contributed by atoms with van der Waals surface area (Å²) in [6.45, 7) is 3.81. The Bertz CT molecular complexity index is 1150. The van der Waals surface area contributed by atoms with Crippen LogP contribution in [0.3, 0.4) is 0 Å². The molecule has 33 heavy (non-hydrogen) atoms. The summed E-state index contributed by atoms with van der Waals surface area (Å²) in [5.41, 5.74) is 2.68. The standard InChI is InChI=1S/C25H25FN2O5/c1-3-32-24(30)21-15-14-20-22(28(21)23(29)16-10-12-17(26)13-11-16)18-8-6-5-7-9-19(18)27(20)25(31)33-4-2/h5-8,10-13,21H,3-4,9,14-15H2,1-2H3. The van der Waals surface area contributed by atoms with Crippen molar-refractivity contribution in [3.8, 4) is 0 Å². The molecule has 0 N–H and O–H groups in total. The lowest BCUT2D eigenvalue weighted by molar-refractivity contribution is -0.144. The number of rotatable bonds is 4. The molecule has 0 saturated heterocycles. The summed E-state index contributed by atoms with van der Waals surface area (Å²) in [4.78, 5) is 40.9. The highest BCUT2D eigenvalue weighted by atomic mass is 19.1. The van der Waals surface area contributed by atoms with Crippen molar-refractivity contribution < 1.29 is 28.2 Å². The fraction of sp³-hybridized carbons (Fsp3) is 0.320. The average molecular weight is 452 g/mol. The van der Waals surface area contributed by atoms with E-state index in [1.165, 1.54) is 33.7 Å². The monoisotopic (exact) mass is 452 g/mol. The van der Waals surface area contributed by atoms with Gasteiger partial charge in [0.2, 0.25) is 0 Å². The first-order chi connectivity index (χ1) is 16.0. The number of benzene rings is 1. The van der Waals surface area contributed by atoms with Gasteiger partial charge in [-0.25, -0.2) is 14.0 Å². The number of carbonyl (C=O) groups excluding carboxylic acids is 3. The predicted octanol–water partition coefficient (Wildman–Crippen LogP) is 4.28. The van der Waals surface area contributed by atoms with Crippen LogP contribution in [0.15, 0.2) is 42.5 Å². The van der Waals surface area contributed by atoms with Gasteiger partial charge < -0.3 is 9.47 Å². The number of amides is 1. The SMILES string of the molecule is CCOC(=O)C1CCc2c(c3c(n2C(=O)OCC)CC=CC=C3)N1C(=O)c1ccc(F)cc1. The van der Waals surface area contributed by atoms with Crippen LogP contribution in [0.2, 0.25) is 0 Å². The molecular formula is C25H25FN2O5. The summed E-state index contributed by atoms with van der Waals surface area (Å²) < 4.78 is 25.6. The Kier molecular flexibility index (Phi) is 6.44. The van der Waals surface area contributed by atoms with Gasteiger partial charge in [0.05, 0.1) is 24.6 Å². The number of hydrogen-bond acceptors (Lipinski definition) is 5. The Balaban J connectivity index is 1.93. The molecular weight excluding hydrogens is 427 g/mol. The van der Waals surface area contributed by atoms with Crippen molar-refractivity contribution >= 4 is 29.7 Å². The van der Waals surface area contributed by atoms with E-state index in [0.29, 0.717) is 35.5 Å². The molecule has 0 radical (unpaired) electrons. The van der Waals surface area contributed by atoms with Crippen LogP contribution in [0.1, 0.15) is 47.6 Å². The van der Waals surface area contributed by atoms with Crippen molar-refractivity contribution in [3.63, 3.8) is 0 Å². The highest BCUT2D eigenvalue weighted by molar-refractivity contribution is 6.11. The number of anilines is 1. The fourth-order valence-corrected chi connectivity index (χ4v) is 4.37. The van der Waals surface area contributed by atoms with Gasteiger partial charge in [-0.15, -0.1) is 0 Å². The predicted molar refractivity (Wildman–Crippen MR) is 121 cm³/mol. The average Bonchev–Trinajstić information content (AvgIpc) is 2.94. The molecule has 2 heterocycles. The minimum Gasteiger partial charge on any atom is -0.464 e. The van der Waals surface area contributed by atoms with Crippen LogP contribution in [-0.4, -0.2) is 41.8 Å². The Morgan fingerprint density at radius 1 is 1.03 bits per heavy atom. The van der Waals surface area contributed by atoms with Gasteiger partial charge in [0.25, 0.3) is 5.91 Å². The molecule has 1 aromatic heterocycles. The minimum atomic E-state index is -0.873. The molecule has 2 aromatic rings. The van der Waals surface area contributed by atoms with Crippen molar-refractivity contribution in [3.05, 3.63) is 70.8 Å². The van der Waals surface area contributed by atoms with E-state index in [2.05, 4.69) is 0 Å². The second-order valence-electron chi connectivity index (χ2n) is 7.67. The second kappa shape index (κ2) is 9.44. The molecule has 1 aliphatic heterocycles. The van der Waals surface area contributed by atoms with E-state index >= 15 is 0 Å².